The fourth-order valence-electron chi connectivity index (χ4n) is 3.66. The van der Waals surface area contributed by atoms with Crippen LogP contribution in [0, 0.1) is 12.3 Å². The lowest BCUT2D eigenvalue weighted by Gasteiger charge is -2.25. The first-order valence-electron chi connectivity index (χ1n) is 8.19. The van der Waals surface area contributed by atoms with Gasteiger partial charge in [0.05, 0.1) is 12.1 Å². The average Bonchev–Trinajstić information content (AvgIpc) is 2.98. The second-order valence-electron chi connectivity index (χ2n) is 7.30. The van der Waals surface area contributed by atoms with Gasteiger partial charge in [0.15, 0.2) is 0 Å². The van der Waals surface area contributed by atoms with Crippen molar-refractivity contribution < 1.29 is 4.79 Å². The molecule has 1 fully saturated rings. The average molecular weight is 311 g/mol. The summed E-state index contributed by atoms with van der Waals surface area (Å²) in [6.45, 7) is 8.08. The van der Waals surface area contributed by atoms with Crippen molar-refractivity contribution in [3.05, 3.63) is 53.3 Å². The van der Waals surface area contributed by atoms with E-state index in [1.165, 1.54) is 5.56 Å². The first-order chi connectivity index (χ1) is 10.9. The third-order valence-electron chi connectivity index (χ3n) is 4.93. The monoisotopic (exact) mass is 311 g/mol. The minimum absolute atomic E-state index is 0.0966. The van der Waals surface area contributed by atoms with E-state index in [1.807, 2.05) is 35.7 Å². The Hall–Kier alpha value is -2.10. The minimum Gasteiger partial charge on any atom is -0.341 e. The molecule has 1 aromatic heterocycles. The molecule has 2 aromatic rings. The smallest absolute Gasteiger partial charge is 0.228 e. The number of rotatable bonds is 3. The van der Waals surface area contributed by atoms with Crippen LogP contribution in [0.5, 0.6) is 0 Å². The van der Waals surface area contributed by atoms with Crippen molar-refractivity contribution in [2.24, 2.45) is 12.5 Å². The van der Waals surface area contributed by atoms with Gasteiger partial charge in [0.2, 0.25) is 5.91 Å². The lowest BCUT2D eigenvalue weighted by molar-refractivity contribution is -0.129. The summed E-state index contributed by atoms with van der Waals surface area (Å²) in [6.07, 6.45) is 0.426. The van der Waals surface area contributed by atoms with Gasteiger partial charge in [0.25, 0.3) is 0 Å². The summed E-state index contributed by atoms with van der Waals surface area (Å²) in [6, 6.07) is 12.5. The van der Waals surface area contributed by atoms with Gasteiger partial charge in [-0.1, -0.05) is 44.2 Å². The highest BCUT2D eigenvalue weighted by Crippen LogP contribution is 2.42. The highest BCUT2D eigenvalue weighted by atomic mass is 16.2. The number of benzene rings is 1. The van der Waals surface area contributed by atoms with Gasteiger partial charge < -0.3 is 4.90 Å². The maximum Gasteiger partial charge on any atom is 0.228 e. The van der Waals surface area contributed by atoms with E-state index >= 15 is 0 Å². The Morgan fingerprint density at radius 1 is 1.30 bits per heavy atom. The summed E-state index contributed by atoms with van der Waals surface area (Å²) < 4.78 is 1.81. The Labute approximate surface area is 138 Å². The molecule has 1 aromatic carbocycles. The molecular weight excluding hydrogens is 286 g/mol. The molecule has 0 bridgehead atoms. The predicted molar refractivity (Wildman–Crippen MR) is 91.2 cm³/mol. The number of hydrogen-bond acceptors (Lipinski definition) is 2. The van der Waals surface area contributed by atoms with Crippen LogP contribution in [0.15, 0.2) is 36.4 Å². The largest absolute Gasteiger partial charge is 0.341 e. The Morgan fingerprint density at radius 2 is 2.00 bits per heavy atom. The maximum atomic E-state index is 12.7. The van der Waals surface area contributed by atoms with Crippen molar-refractivity contribution in [2.75, 3.05) is 13.1 Å². The van der Waals surface area contributed by atoms with Crippen molar-refractivity contribution in [1.29, 1.82) is 0 Å². The highest BCUT2D eigenvalue weighted by Gasteiger charge is 2.41. The molecular formula is C19H25N3O. The van der Waals surface area contributed by atoms with E-state index in [1.54, 1.807) is 0 Å². The summed E-state index contributed by atoms with van der Waals surface area (Å²) >= 11 is 0. The van der Waals surface area contributed by atoms with Crippen LogP contribution in [0.25, 0.3) is 0 Å². The van der Waals surface area contributed by atoms with Gasteiger partial charge in [-0.25, -0.2) is 0 Å². The Kier molecular flexibility index (Phi) is 4.00. The van der Waals surface area contributed by atoms with Crippen molar-refractivity contribution in [3.63, 3.8) is 0 Å². The number of carbonyl (C=O) groups is 1. The van der Waals surface area contributed by atoms with Crippen molar-refractivity contribution >= 4 is 5.91 Å². The zero-order valence-corrected chi connectivity index (χ0v) is 14.4. The quantitative estimate of drug-likeness (QED) is 0.874. The summed E-state index contributed by atoms with van der Waals surface area (Å²) in [5.74, 6) is 0.584. The van der Waals surface area contributed by atoms with E-state index in [9.17, 15) is 4.79 Å². The zero-order valence-electron chi connectivity index (χ0n) is 14.4. The Morgan fingerprint density at radius 3 is 2.61 bits per heavy atom. The first-order valence-corrected chi connectivity index (χ1v) is 8.19. The van der Waals surface area contributed by atoms with Gasteiger partial charge in [0.1, 0.15) is 0 Å². The lowest BCUT2D eigenvalue weighted by Crippen LogP contribution is -2.32. The van der Waals surface area contributed by atoms with Crippen LogP contribution in [0.4, 0.5) is 0 Å². The standard InChI is InChI=1S/C19H25N3O/c1-14-10-16(21(4)20-14)11-18(23)22-12-17(19(2,3)13-22)15-8-6-5-7-9-15/h5-10,17H,11-13H2,1-4H3. The number of nitrogens with zero attached hydrogens (tertiary/aromatic N) is 3. The molecule has 122 valence electrons. The minimum atomic E-state index is 0.0966. The summed E-state index contributed by atoms with van der Waals surface area (Å²) in [5, 5.41) is 4.33. The zero-order chi connectivity index (χ0) is 16.6. The summed E-state index contributed by atoms with van der Waals surface area (Å²) in [4.78, 5) is 14.7. The van der Waals surface area contributed by atoms with Crippen LogP contribution in [0.1, 0.15) is 36.7 Å². The number of carbonyl (C=O) groups excluding carboxylic acids is 1. The molecule has 0 spiro atoms. The molecule has 1 aliphatic heterocycles. The van der Waals surface area contributed by atoms with Crippen LogP contribution in [-0.2, 0) is 18.3 Å². The number of aryl methyl sites for hydroxylation is 2. The molecule has 4 heteroatoms. The van der Waals surface area contributed by atoms with Crippen LogP contribution in [0.3, 0.4) is 0 Å². The normalized spacial score (nSPS) is 20.0. The maximum absolute atomic E-state index is 12.7. The van der Waals surface area contributed by atoms with Crippen molar-refractivity contribution in [1.82, 2.24) is 14.7 Å². The highest BCUT2D eigenvalue weighted by molar-refractivity contribution is 5.79. The topological polar surface area (TPSA) is 38.1 Å². The third-order valence-corrected chi connectivity index (χ3v) is 4.93. The Balaban J connectivity index is 1.75. The molecule has 1 unspecified atom stereocenters. The molecule has 0 aliphatic carbocycles. The molecule has 0 saturated carbocycles. The van der Waals surface area contributed by atoms with Crippen molar-refractivity contribution in [3.8, 4) is 0 Å². The molecule has 23 heavy (non-hydrogen) atoms. The molecule has 1 aliphatic rings. The molecule has 1 atom stereocenters. The second-order valence-corrected chi connectivity index (χ2v) is 7.30. The molecule has 2 heterocycles. The predicted octanol–water partition coefficient (Wildman–Crippen LogP) is 2.92. The molecule has 4 nitrogen and oxygen atoms in total. The first kappa shape index (κ1) is 15.8. The Bertz CT molecular complexity index is 703. The summed E-state index contributed by atoms with van der Waals surface area (Å²) in [7, 11) is 1.90. The van der Waals surface area contributed by atoms with Gasteiger partial charge in [-0.15, -0.1) is 0 Å². The van der Waals surface area contributed by atoms with Gasteiger partial charge in [0, 0.05) is 31.7 Å². The van der Waals surface area contributed by atoms with Gasteiger partial charge in [-0.2, -0.15) is 5.10 Å². The number of aromatic nitrogens is 2. The van der Waals surface area contributed by atoms with Crippen LogP contribution in [-0.4, -0.2) is 33.7 Å². The molecule has 0 N–H and O–H groups in total. The lowest BCUT2D eigenvalue weighted by atomic mass is 9.78. The molecule has 1 saturated heterocycles. The number of amides is 1. The van der Waals surface area contributed by atoms with E-state index in [2.05, 4.69) is 43.2 Å². The summed E-state index contributed by atoms with van der Waals surface area (Å²) in [5.41, 5.74) is 3.36. The van der Waals surface area contributed by atoms with Crippen molar-refractivity contribution in [2.45, 2.75) is 33.1 Å². The van der Waals surface area contributed by atoms with Crippen LogP contribution < -0.4 is 0 Å². The number of hydrogen-bond donors (Lipinski definition) is 0. The third kappa shape index (κ3) is 3.16. The fourth-order valence-corrected chi connectivity index (χ4v) is 3.66. The van der Waals surface area contributed by atoms with E-state index in [0.29, 0.717) is 12.3 Å². The molecule has 0 radical (unpaired) electrons. The second kappa shape index (κ2) is 5.84. The van der Waals surface area contributed by atoms with Gasteiger partial charge >= 0.3 is 0 Å². The van der Waals surface area contributed by atoms with E-state index in [-0.39, 0.29) is 11.3 Å². The SMILES string of the molecule is Cc1cc(CC(=O)N2CC(c3ccccc3)C(C)(C)C2)n(C)n1. The van der Waals surface area contributed by atoms with E-state index < -0.39 is 0 Å². The van der Waals surface area contributed by atoms with E-state index in [0.717, 1.165) is 24.5 Å². The molecule has 1 amide bonds. The van der Waals surface area contributed by atoms with Crippen LogP contribution in [0.2, 0.25) is 0 Å². The fraction of sp³-hybridized carbons (Fsp3) is 0.474. The molecule has 3 rings (SSSR count). The van der Waals surface area contributed by atoms with Gasteiger partial charge in [-0.3, -0.25) is 9.48 Å². The van der Waals surface area contributed by atoms with E-state index in [4.69, 9.17) is 0 Å². The van der Waals surface area contributed by atoms with Crippen LogP contribution >= 0.6 is 0 Å². The number of likely N-dealkylation sites (tertiary alicyclic amines) is 1. The van der Waals surface area contributed by atoms with Gasteiger partial charge in [-0.05, 0) is 24.0 Å².